The maximum absolute atomic E-state index is 3.38. The monoisotopic (exact) mass is 245 g/mol. The largest absolute Gasteiger partial charge is 0.319 e. The van der Waals surface area contributed by atoms with Crippen LogP contribution < -0.4 is 5.32 Å². The summed E-state index contributed by atoms with van der Waals surface area (Å²) in [6.07, 6.45) is 8.50. The van der Waals surface area contributed by atoms with Crippen molar-refractivity contribution in [3.63, 3.8) is 0 Å². The summed E-state index contributed by atoms with van der Waals surface area (Å²) in [4.78, 5) is 0. The second-order valence-corrected chi connectivity index (χ2v) is 5.94. The highest BCUT2D eigenvalue weighted by Crippen LogP contribution is 2.31. The van der Waals surface area contributed by atoms with Crippen LogP contribution in [0.2, 0.25) is 0 Å². The molecule has 1 nitrogen and oxygen atoms in total. The summed E-state index contributed by atoms with van der Waals surface area (Å²) in [6.45, 7) is 3.40. The third-order valence-electron chi connectivity index (χ3n) is 4.40. The SMILES string of the molecule is CNCC(Cc1ccccc1C)CC1CCCC1. The van der Waals surface area contributed by atoms with Gasteiger partial charge in [-0.1, -0.05) is 49.9 Å². The molecule has 1 aromatic rings. The Morgan fingerprint density at radius 3 is 2.61 bits per heavy atom. The molecule has 0 radical (unpaired) electrons. The summed E-state index contributed by atoms with van der Waals surface area (Å²) in [5.74, 6) is 1.80. The molecule has 0 heterocycles. The predicted octanol–water partition coefficient (Wildman–Crippen LogP) is 3.95. The van der Waals surface area contributed by atoms with Crippen LogP contribution in [0.25, 0.3) is 0 Å². The van der Waals surface area contributed by atoms with Crippen LogP contribution in [0.1, 0.15) is 43.2 Å². The van der Waals surface area contributed by atoms with Crippen LogP contribution >= 0.6 is 0 Å². The fourth-order valence-electron chi connectivity index (χ4n) is 3.40. The van der Waals surface area contributed by atoms with Crippen molar-refractivity contribution in [1.29, 1.82) is 0 Å². The van der Waals surface area contributed by atoms with E-state index in [0.29, 0.717) is 0 Å². The van der Waals surface area contributed by atoms with Crippen molar-refractivity contribution in [3.8, 4) is 0 Å². The Labute approximate surface area is 112 Å². The minimum atomic E-state index is 0.805. The zero-order valence-electron chi connectivity index (χ0n) is 11.9. The number of hydrogen-bond donors (Lipinski definition) is 1. The molecular formula is C17H27N. The van der Waals surface area contributed by atoms with Crippen molar-refractivity contribution in [2.45, 2.75) is 45.4 Å². The molecule has 0 aromatic heterocycles. The van der Waals surface area contributed by atoms with Crippen molar-refractivity contribution >= 4 is 0 Å². The van der Waals surface area contributed by atoms with Crippen LogP contribution in [0.15, 0.2) is 24.3 Å². The standard InChI is InChI=1S/C17H27N/c1-14-7-3-6-10-17(14)12-16(13-18-2)11-15-8-4-5-9-15/h3,6-7,10,15-16,18H,4-5,8-9,11-13H2,1-2H3. The third kappa shape index (κ3) is 3.84. The maximum atomic E-state index is 3.38. The van der Waals surface area contributed by atoms with Gasteiger partial charge in [-0.2, -0.15) is 0 Å². The molecular weight excluding hydrogens is 218 g/mol. The first-order valence-electron chi connectivity index (χ1n) is 7.48. The molecule has 0 bridgehead atoms. The minimum Gasteiger partial charge on any atom is -0.319 e. The molecule has 2 rings (SSSR count). The van der Waals surface area contributed by atoms with E-state index in [1.165, 1.54) is 49.7 Å². The molecule has 100 valence electrons. The van der Waals surface area contributed by atoms with Crippen LogP contribution in [0.3, 0.4) is 0 Å². The predicted molar refractivity (Wildman–Crippen MR) is 78.9 cm³/mol. The van der Waals surface area contributed by atoms with Gasteiger partial charge in [0.15, 0.2) is 0 Å². The lowest BCUT2D eigenvalue weighted by Crippen LogP contribution is -2.23. The highest BCUT2D eigenvalue weighted by atomic mass is 14.8. The van der Waals surface area contributed by atoms with E-state index in [2.05, 4.69) is 43.6 Å². The third-order valence-corrected chi connectivity index (χ3v) is 4.40. The molecule has 1 aliphatic carbocycles. The van der Waals surface area contributed by atoms with Crippen molar-refractivity contribution in [2.75, 3.05) is 13.6 Å². The fourth-order valence-corrected chi connectivity index (χ4v) is 3.40. The fraction of sp³-hybridized carbons (Fsp3) is 0.647. The smallest absolute Gasteiger partial charge is 0.00202 e. The van der Waals surface area contributed by atoms with Crippen molar-refractivity contribution < 1.29 is 0 Å². The van der Waals surface area contributed by atoms with Gasteiger partial charge in [0.25, 0.3) is 0 Å². The molecule has 0 amide bonds. The molecule has 0 saturated heterocycles. The van der Waals surface area contributed by atoms with Gasteiger partial charge in [0.05, 0.1) is 0 Å². The molecule has 0 spiro atoms. The topological polar surface area (TPSA) is 12.0 Å². The summed E-state index contributed by atoms with van der Waals surface area (Å²) in [7, 11) is 2.08. The average Bonchev–Trinajstić information content (AvgIpc) is 2.85. The Bertz CT molecular complexity index is 352. The van der Waals surface area contributed by atoms with Gasteiger partial charge in [-0.05, 0) is 56.3 Å². The molecule has 1 fully saturated rings. The van der Waals surface area contributed by atoms with E-state index in [4.69, 9.17) is 0 Å². The van der Waals surface area contributed by atoms with Gasteiger partial charge in [0, 0.05) is 0 Å². The summed E-state index contributed by atoms with van der Waals surface area (Å²) in [5, 5.41) is 3.38. The van der Waals surface area contributed by atoms with E-state index in [1.54, 1.807) is 0 Å². The molecule has 1 aliphatic rings. The van der Waals surface area contributed by atoms with E-state index < -0.39 is 0 Å². The van der Waals surface area contributed by atoms with Gasteiger partial charge in [-0.25, -0.2) is 0 Å². The second kappa shape index (κ2) is 6.94. The Morgan fingerprint density at radius 1 is 1.22 bits per heavy atom. The van der Waals surface area contributed by atoms with Gasteiger partial charge < -0.3 is 5.32 Å². The normalized spacial score (nSPS) is 18.1. The van der Waals surface area contributed by atoms with E-state index in [-0.39, 0.29) is 0 Å². The first-order chi connectivity index (χ1) is 8.79. The highest BCUT2D eigenvalue weighted by Gasteiger charge is 2.20. The van der Waals surface area contributed by atoms with Gasteiger partial charge in [-0.3, -0.25) is 0 Å². The van der Waals surface area contributed by atoms with Crippen LogP contribution in [0.4, 0.5) is 0 Å². The number of aryl methyl sites for hydroxylation is 1. The lowest BCUT2D eigenvalue weighted by Gasteiger charge is -2.21. The second-order valence-electron chi connectivity index (χ2n) is 5.94. The van der Waals surface area contributed by atoms with E-state index in [1.807, 2.05) is 0 Å². The lowest BCUT2D eigenvalue weighted by molar-refractivity contribution is 0.364. The van der Waals surface area contributed by atoms with Gasteiger partial charge in [-0.15, -0.1) is 0 Å². The van der Waals surface area contributed by atoms with E-state index in [9.17, 15) is 0 Å². The zero-order valence-corrected chi connectivity index (χ0v) is 11.9. The Morgan fingerprint density at radius 2 is 1.94 bits per heavy atom. The molecule has 1 heteroatoms. The summed E-state index contributed by atoms with van der Waals surface area (Å²) < 4.78 is 0. The first-order valence-corrected chi connectivity index (χ1v) is 7.48. The molecule has 1 saturated carbocycles. The molecule has 1 unspecified atom stereocenters. The van der Waals surface area contributed by atoms with Crippen LogP contribution in [0, 0.1) is 18.8 Å². The van der Waals surface area contributed by atoms with Crippen LogP contribution in [-0.2, 0) is 6.42 Å². The summed E-state index contributed by atoms with van der Waals surface area (Å²) in [6, 6.07) is 8.85. The van der Waals surface area contributed by atoms with E-state index >= 15 is 0 Å². The summed E-state index contributed by atoms with van der Waals surface area (Å²) >= 11 is 0. The highest BCUT2D eigenvalue weighted by molar-refractivity contribution is 5.26. The van der Waals surface area contributed by atoms with Crippen molar-refractivity contribution in [3.05, 3.63) is 35.4 Å². The summed E-state index contributed by atoms with van der Waals surface area (Å²) in [5.41, 5.74) is 2.99. The average molecular weight is 245 g/mol. The molecule has 18 heavy (non-hydrogen) atoms. The molecule has 0 aliphatic heterocycles. The molecule has 1 aromatic carbocycles. The van der Waals surface area contributed by atoms with Crippen molar-refractivity contribution in [1.82, 2.24) is 5.32 Å². The zero-order chi connectivity index (χ0) is 12.8. The number of rotatable bonds is 6. The molecule has 1 N–H and O–H groups in total. The Kier molecular flexibility index (Phi) is 5.25. The van der Waals surface area contributed by atoms with Crippen molar-refractivity contribution in [2.24, 2.45) is 11.8 Å². The number of hydrogen-bond acceptors (Lipinski definition) is 1. The van der Waals surface area contributed by atoms with Crippen LogP contribution in [0.5, 0.6) is 0 Å². The van der Waals surface area contributed by atoms with E-state index in [0.717, 1.165) is 18.4 Å². The lowest BCUT2D eigenvalue weighted by atomic mass is 9.87. The maximum Gasteiger partial charge on any atom is -0.00202 e. The Balaban J connectivity index is 1.94. The molecule has 1 atom stereocenters. The van der Waals surface area contributed by atoms with Gasteiger partial charge >= 0.3 is 0 Å². The number of benzene rings is 1. The van der Waals surface area contributed by atoms with Gasteiger partial charge in [0.1, 0.15) is 0 Å². The first kappa shape index (κ1) is 13.6. The quantitative estimate of drug-likeness (QED) is 0.800. The van der Waals surface area contributed by atoms with Crippen LogP contribution in [-0.4, -0.2) is 13.6 Å². The Hall–Kier alpha value is -0.820. The number of nitrogens with one attached hydrogen (secondary N) is 1. The van der Waals surface area contributed by atoms with Gasteiger partial charge in [0.2, 0.25) is 0 Å². The minimum absolute atomic E-state index is 0.805.